The predicted molar refractivity (Wildman–Crippen MR) is 119 cm³/mol. The minimum Gasteiger partial charge on any atom is -0.379 e. The van der Waals surface area contributed by atoms with Crippen molar-refractivity contribution in [1.29, 1.82) is 0 Å². The highest BCUT2D eigenvalue weighted by molar-refractivity contribution is 5.79. The molecule has 0 spiro atoms. The number of ether oxygens (including phenoxy) is 1. The fourth-order valence-electron chi connectivity index (χ4n) is 3.50. The number of guanidine groups is 1. The van der Waals surface area contributed by atoms with E-state index in [1.807, 2.05) is 18.5 Å². The zero-order chi connectivity index (χ0) is 21.2. The van der Waals surface area contributed by atoms with Gasteiger partial charge in [-0.15, -0.1) is 10.2 Å². The Balaban J connectivity index is 1.57. The molecule has 1 saturated heterocycles. The fourth-order valence-corrected chi connectivity index (χ4v) is 3.50. The Kier molecular flexibility index (Phi) is 8.65. The number of morpholine rings is 1. The molecular weight excluding hydrogens is 378 g/mol. The van der Waals surface area contributed by atoms with Gasteiger partial charge in [0.25, 0.3) is 0 Å². The van der Waals surface area contributed by atoms with Gasteiger partial charge in [0, 0.05) is 26.7 Å². The van der Waals surface area contributed by atoms with Crippen molar-refractivity contribution in [3.8, 4) is 0 Å². The molecule has 1 aromatic heterocycles. The Morgan fingerprint density at radius 3 is 2.60 bits per heavy atom. The maximum atomic E-state index is 5.42. The molecule has 0 amide bonds. The van der Waals surface area contributed by atoms with Crippen molar-refractivity contribution >= 4 is 5.96 Å². The van der Waals surface area contributed by atoms with Crippen LogP contribution in [0.25, 0.3) is 0 Å². The second-order valence-corrected chi connectivity index (χ2v) is 7.60. The molecular formula is C22H35N7O. The van der Waals surface area contributed by atoms with Gasteiger partial charge in [-0.05, 0) is 37.4 Å². The Bertz CT molecular complexity index is 812. The van der Waals surface area contributed by atoms with E-state index in [4.69, 9.17) is 9.73 Å². The first-order valence-electron chi connectivity index (χ1n) is 10.9. The number of aromatic nitrogens is 3. The summed E-state index contributed by atoms with van der Waals surface area (Å²) in [5.74, 6) is 2.61. The van der Waals surface area contributed by atoms with Gasteiger partial charge in [0.05, 0.1) is 26.3 Å². The van der Waals surface area contributed by atoms with Gasteiger partial charge in [0.1, 0.15) is 5.82 Å². The number of nitrogens with one attached hydrogen (secondary N) is 2. The number of rotatable bonds is 9. The van der Waals surface area contributed by atoms with E-state index in [2.05, 4.69) is 56.9 Å². The lowest BCUT2D eigenvalue weighted by Crippen LogP contribution is -2.40. The lowest BCUT2D eigenvalue weighted by molar-refractivity contribution is 0.0376. The largest absolute Gasteiger partial charge is 0.379 e. The first-order valence-corrected chi connectivity index (χ1v) is 10.9. The average molecular weight is 414 g/mol. The Hall–Kier alpha value is -2.45. The summed E-state index contributed by atoms with van der Waals surface area (Å²) in [6, 6.07) is 8.50. The predicted octanol–water partition coefficient (Wildman–Crippen LogP) is 1.64. The summed E-state index contributed by atoms with van der Waals surface area (Å²) in [6.07, 6.45) is 2.08. The molecule has 3 rings (SSSR count). The zero-order valence-electron chi connectivity index (χ0n) is 18.5. The second kappa shape index (κ2) is 11.7. The maximum Gasteiger partial charge on any atom is 0.191 e. The second-order valence-electron chi connectivity index (χ2n) is 7.60. The van der Waals surface area contributed by atoms with Gasteiger partial charge in [-0.3, -0.25) is 4.90 Å². The Labute approximate surface area is 179 Å². The molecule has 30 heavy (non-hydrogen) atoms. The molecule has 1 aromatic carbocycles. The first-order chi connectivity index (χ1) is 14.7. The number of benzene rings is 1. The van der Waals surface area contributed by atoms with Gasteiger partial charge < -0.3 is 19.9 Å². The third kappa shape index (κ3) is 6.53. The van der Waals surface area contributed by atoms with Crippen LogP contribution >= 0.6 is 0 Å². The standard InChI is InChI=1S/C22H35N7O/c1-4-19-8-5-6-9-20(19)16-24-22(25-17-21-27-26-18(2)28(21)3)23-10-7-11-29-12-14-30-15-13-29/h5-6,8-9H,4,7,10-17H2,1-3H3,(H2,23,24,25). The van der Waals surface area contributed by atoms with Crippen molar-refractivity contribution in [3.05, 3.63) is 47.0 Å². The van der Waals surface area contributed by atoms with Crippen LogP contribution in [0.5, 0.6) is 0 Å². The topological polar surface area (TPSA) is 79.6 Å². The van der Waals surface area contributed by atoms with Gasteiger partial charge in [-0.2, -0.15) is 0 Å². The molecule has 0 unspecified atom stereocenters. The quantitative estimate of drug-likeness (QED) is 0.370. The lowest BCUT2D eigenvalue weighted by atomic mass is 10.1. The van der Waals surface area contributed by atoms with E-state index in [1.54, 1.807) is 0 Å². The first kappa shape index (κ1) is 22.2. The molecule has 2 N–H and O–H groups in total. The number of hydrogen-bond acceptors (Lipinski definition) is 5. The highest BCUT2D eigenvalue weighted by atomic mass is 16.5. The third-order valence-electron chi connectivity index (χ3n) is 5.55. The van der Waals surface area contributed by atoms with Crippen LogP contribution in [0, 0.1) is 6.92 Å². The minimum atomic E-state index is 0.585. The van der Waals surface area contributed by atoms with E-state index >= 15 is 0 Å². The zero-order valence-corrected chi connectivity index (χ0v) is 18.5. The van der Waals surface area contributed by atoms with Crippen molar-refractivity contribution in [1.82, 2.24) is 30.3 Å². The number of hydrogen-bond donors (Lipinski definition) is 2. The van der Waals surface area contributed by atoms with Crippen LogP contribution in [0.4, 0.5) is 0 Å². The summed E-state index contributed by atoms with van der Waals surface area (Å²) in [4.78, 5) is 7.30. The number of aliphatic imine (C=N–C) groups is 1. The molecule has 0 atom stereocenters. The molecule has 0 aliphatic carbocycles. The smallest absolute Gasteiger partial charge is 0.191 e. The molecule has 0 radical (unpaired) electrons. The van der Waals surface area contributed by atoms with Crippen LogP contribution in [0.3, 0.4) is 0 Å². The van der Waals surface area contributed by atoms with Crippen molar-refractivity contribution in [2.45, 2.75) is 39.8 Å². The summed E-state index contributed by atoms with van der Waals surface area (Å²) in [5.41, 5.74) is 2.61. The van der Waals surface area contributed by atoms with Crippen molar-refractivity contribution in [2.24, 2.45) is 12.0 Å². The van der Waals surface area contributed by atoms with Crippen LogP contribution in [-0.4, -0.2) is 65.0 Å². The highest BCUT2D eigenvalue weighted by Crippen LogP contribution is 2.10. The number of nitrogens with zero attached hydrogens (tertiary/aromatic N) is 5. The van der Waals surface area contributed by atoms with Gasteiger partial charge in [-0.25, -0.2) is 4.99 Å². The molecule has 2 aromatic rings. The van der Waals surface area contributed by atoms with E-state index in [-0.39, 0.29) is 0 Å². The minimum absolute atomic E-state index is 0.585. The normalized spacial score (nSPS) is 15.4. The van der Waals surface area contributed by atoms with Crippen LogP contribution in [-0.2, 0) is 31.3 Å². The molecule has 0 bridgehead atoms. The van der Waals surface area contributed by atoms with E-state index in [0.717, 1.165) is 69.8 Å². The average Bonchev–Trinajstić information content (AvgIpc) is 3.11. The van der Waals surface area contributed by atoms with Gasteiger partial charge in [-0.1, -0.05) is 31.2 Å². The van der Waals surface area contributed by atoms with Gasteiger partial charge in [0.15, 0.2) is 11.8 Å². The molecule has 1 aliphatic heterocycles. The van der Waals surface area contributed by atoms with E-state index < -0.39 is 0 Å². The van der Waals surface area contributed by atoms with E-state index in [0.29, 0.717) is 13.1 Å². The molecule has 1 aliphatic rings. The van der Waals surface area contributed by atoms with Crippen LogP contribution < -0.4 is 10.6 Å². The van der Waals surface area contributed by atoms with Gasteiger partial charge >= 0.3 is 0 Å². The fraction of sp³-hybridized carbons (Fsp3) is 0.591. The maximum absolute atomic E-state index is 5.42. The Morgan fingerprint density at radius 1 is 1.13 bits per heavy atom. The summed E-state index contributed by atoms with van der Waals surface area (Å²) in [6.45, 7) is 11.1. The SMILES string of the molecule is CCc1ccccc1CN=C(NCCCN1CCOCC1)NCc1nnc(C)n1C. The van der Waals surface area contributed by atoms with Crippen LogP contribution in [0.15, 0.2) is 29.3 Å². The highest BCUT2D eigenvalue weighted by Gasteiger charge is 2.10. The third-order valence-corrected chi connectivity index (χ3v) is 5.55. The Morgan fingerprint density at radius 2 is 1.90 bits per heavy atom. The van der Waals surface area contributed by atoms with Crippen molar-refractivity contribution < 1.29 is 4.74 Å². The van der Waals surface area contributed by atoms with Crippen LogP contribution in [0.2, 0.25) is 0 Å². The van der Waals surface area contributed by atoms with Crippen molar-refractivity contribution in [2.75, 3.05) is 39.4 Å². The van der Waals surface area contributed by atoms with Gasteiger partial charge in [0.2, 0.25) is 0 Å². The molecule has 1 fully saturated rings. The molecule has 8 nitrogen and oxygen atoms in total. The van der Waals surface area contributed by atoms with Crippen LogP contribution in [0.1, 0.15) is 36.1 Å². The molecule has 164 valence electrons. The molecule has 0 saturated carbocycles. The van der Waals surface area contributed by atoms with E-state index in [1.165, 1.54) is 11.1 Å². The monoisotopic (exact) mass is 413 g/mol. The summed E-state index contributed by atoms with van der Waals surface area (Å²) in [5, 5.41) is 15.3. The number of aryl methyl sites for hydroxylation is 2. The molecule has 8 heteroatoms. The summed E-state index contributed by atoms with van der Waals surface area (Å²) < 4.78 is 7.42. The van der Waals surface area contributed by atoms with Crippen molar-refractivity contribution in [3.63, 3.8) is 0 Å². The summed E-state index contributed by atoms with van der Waals surface area (Å²) in [7, 11) is 1.98. The molecule has 2 heterocycles. The summed E-state index contributed by atoms with van der Waals surface area (Å²) >= 11 is 0. The van der Waals surface area contributed by atoms with E-state index in [9.17, 15) is 0 Å². The lowest BCUT2D eigenvalue weighted by Gasteiger charge is -2.26.